The molecule has 4 atom stereocenters. The van der Waals surface area contributed by atoms with E-state index in [0.29, 0.717) is 12.0 Å². The van der Waals surface area contributed by atoms with Crippen LogP contribution in [0, 0.1) is 56.2 Å². The lowest BCUT2D eigenvalue weighted by molar-refractivity contribution is -0.286. The van der Waals surface area contributed by atoms with Crippen LogP contribution in [0.1, 0.15) is 38.7 Å². The standard InChI is InChI=1S/C20H19BrN4O2/c1-3-4-5-16-18(10-22,11-23)19(12-24)13(2)20(26-16,27-17(19)25)14-6-8-15(21)9-7-14/h6-9,13,16,25H,3-5H2,1-2H3. The molecule has 2 heterocycles. The molecule has 2 fully saturated rings. The Morgan fingerprint density at radius 2 is 1.78 bits per heavy atom. The average Bonchev–Trinajstić information content (AvgIpc) is 2.84. The average molecular weight is 427 g/mol. The maximum atomic E-state index is 10.1. The predicted molar refractivity (Wildman–Crippen MR) is 99.9 cm³/mol. The monoisotopic (exact) mass is 426 g/mol. The summed E-state index contributed by atoms with van der Waals surface area (Å²) in [4.78, 5) is 0. The Morgan fingerprint density at radius 3 is 2.30 bits per heavy atom. The van der Waals surface area contributed by atoms with Gasteiger partial charge in [0.05, 0.1) is 30.2 Å². The van der Waals surface area contributed by atoms with Crippen LogP contribution in [-0.4, -0.2) is 12.0 Å². The molecule has 3 rings (SSSR count). The van der Waals surface area contributed by atoms with Gasteiger partial charge in [0.25, 0.3) is 0 Å². The second-order valence-corrected chi connectivity index (χ2v) is 7.94. The third kappa shape index (κ3) is 2.27. The van der Waals surface area contributed by atoms with Gasteiger partial charge in [0, 0.05) is 10.0 Å². The Bertz CT molecular complexity index is 881. The SMILES string of the molecule is CCCCC1OC2(c3ccc(Br)cc3)OC(=N)C(C#N)(C2C)C1(C#N)C#N. The van der Waals surface area contributed by atoms with Gasteiger partial charge in [-0.15, -0.1) is 0 Å². The molecule has 1 aromatic carbocycles. The largest absolute Gasteiger partial charge is 0.443 e. The first-order chi connectivity index (χ1) is 12.9. The van der Waals surface area contributed by atoms with E-state index in [1.165, 1.54) is 0 Å². The molecule has 2 aliphatic rings. The lowest BCUT2D eigenvalue weighted by Crippen LogP contribution is -2.60. The Balaban J connectivity index is 2.26. The van der Waals surface area contributed by atoms with E-state index in [2.05, 4.69) is 22.0 Å². The zero-order valence-corrected chi connectivity index (χ0v) is 16.7. The molecule has 2 aliphatic heterocycles. The van der Waals surface area contributed by atoms with Crippen molar-refractivity contribution in [3.8, 4) is 18.2 Å². The van der Waals surface area contributed by atoms with Crippen molar-refractivity contribution in [3.05, 3.63) is 34.3 Å². The molecule has 0 aromatic heterocycles. The van der Waals surface area contributed by atoms with Crippen molar-refractivity contribution < 1.29 is 9.47 Å². The Morgan fingerprint density at radius 1 is 1.15 bits per heavy atom. The highest BCUT2D eigenvalue weighted by Gasteiger charge is 2.79. The molecule has 1 N–H and O–H groups in total. The highest BCUT2D eigenvalue weighted by atomic mass is 79.9. The van der Waals surface area contributed by atoms with E-state index in [1.807, 2.05) is 43.3 Å². The molecule has 138 valence electrons. The molecular formula is C20H19BrN4O2. The van der Waals surface area contributed by atoms with E-state index in [4.69, 9.17) is 14.9 Å². The van der Waals surface area contributed by atoms with E-state index < -0.39 is 28.6 Å². The number of fused-ring (bicyclic) bond motifs is 2. The van der Waals surface area contributed by atoms with Gasteiger partial charge in [-0.25, -0.2) is 0 Å². The third-order valence-electron chi connectivity index (χ3n) is 5.85. The van der Waals surface area contributed by atoms with Crippen molar-refractivity contribution in [3.63, 3.8) is 0 Å². The Labute approximate surface area is 166 Å². The van der Waals surface area contributed by atoms with Crippen LogP contribution >= 0.6 is 15.9 Å². The van der Waals surface area contributed by atoms with Gasteiger partial charge in [0.2, 0.25) is 11.7 Å². The van der Waals surface area contributed by atoms with Crippen molar-refractivity contribution in [2.24, 2.45) is 16.7 Å². The number of halogens is 1. The molecule has 0 saturated carbocycles. The zero-order chi connectivity index (χ0) is 19.9. The van der Waals surface area contributed by atoms with Crippen molar-refractivity contribution in [2.75, 3.05) is 0 Å². The van der Waals surface area contributed by atoms with Gasteiger partial charge < -0.3 is 9.47 Å². The van der Waals surface area contributed by atoms with Crippen LogP contribution in [0.2, 0.25) is 0 Å². The molecular weight excluding hydrogens is 408 g/mol. The summed E-state index contributed by atoms with van der Waals surface area (Å²) in [5.74, 6) is -2.45. The molecule has 6 nitrogen and oxygen atoms in total. The van der Waals surface area contributed by atoms with Crippen LogP contribution < -0.4 is 0 Å². The minimum Gasteiger partial charge on any atom is -0.443 e. The van der Waals surface area contributed by atoms with Crippen molar-refractivity contribution in [1.29, 1.82) is 21.2 Å². The fourth-order valence-electron chi connectivity index (χ4n) is 4.31. The van der Waals surface area contributed by atoms with Gasteiger partial charge in [-0.3, -0.25) is 5.41 Å². The number of nitrogens with one attached hydrogen (secondary N) is 1. The number of nitriles is 3. The number of rotatable bonds is 4. The van der Waals surface area contributed by atoms with Crippen LogP contribution in [0.3, 0.4) is 0 Å². The van der Waals surface area contributed by atoms with Gasteiger partial charge in [0.1, 0.15) is 0 Å². The van der Waals surface area contributed by atoms with Crippen LogP contribution in [0.5, 0.6) is 0 Å². The number of hydrogen-bond donors (Lipinski definition) is 1. The maximum absolute atomic E-state index is 10.1. The fourth-order valence-corrected chi connectivity index (χ4v) is 4.57. The lowest BCUT2D eigenvalue weighted by Gasteiger charge is -2.48. The van der Waals surface area contributed by atoms with Crippen LogP contribution in [-0.2, 0) is 15.3 Å². The highest BCUT2D eigenvalue weighted by Crippen LogP contribution is 2.66. The normalized spacial score (nSPS) is 33.4. The van der Waals surface area contributed by atoms with Gasteiger partial charge in [-0.05, 0) is 18.6 Å². The number of benzene rings is 1. The zero-order valence-electron chi connectivity index (χ0n) is 15.1. The molecule has 4 unspecified atom stereocenters. The van der Waals surface area contributed by atoms with Crippen molar-refractivity contribution in [1.82, 2.24) is 0 Å². The van der Waals surface area contributed by atoms with E-state index in [0.717, 1.165) is 17.3 Å². The molecule has 0 amide bonds. The summed E-state index contributed by atoms with van der Waals surface area (Å²) in [5.41, 5.74) is -2.84. The first kappa shape index (κ1) is 19.4. The molecule has 7 heteroatoms. The van der Waals surface area contributed by atoms with E-state index in [-0.39, 0.29) is 5.90 Å². The Kier molecular flexibility index (Phi) is 4.76. The minimum atomic E-state index is -1.80. The maximum Gasteiger partial charge on any atom is 0.243 e. The van der Waals surface area contributed by atoms with Gasteiger partial charge >= 0.3 is 0 Å². The molecule has 0 aliphatic carbocycles. The van der Waals surface area contributed by atoms with Gasteiger partial charge in [0.15, 0.2) is 10.8 Å². The summed E-state index contributed by atoms with van der Waals surface area (Å²) in [6, 6.07) is 13.5. The van der Waals surface area contributed by atoms with Gasteiger partial charge in [-0.2, -0.15) is 15.8 Å². The number of nitrogens with zero attached hydrogens (tertiary/aromatic N) is 3. The highest BCUT2D eigenvalue weighted by molar-refractivity contribution is 9.10. The summed E-state index contributed by atoms with van der Waals surface area (Å²) in [6.45, 7) is 3.72. The second kappa shape index (κ2) is 6.64. The number of unbranched alkanes of at least 4 members (excludes halogenated alkanes) is 1. The van der Waals surface area contributed by atoms with Crippen LogP contribution in [0.15, 0.2) is 28.7 Å². The minimum absolute atomic E-state index is 0.373. The van der Waals surface area contributed by atoms with E-state index >= 15 is 0 Å². The molecule has 0 radical (unpaired) electrons. The van der Waals surface area contributed by atoms with E-state index in [9.17, 15) is 15.8 Å². The smallest absolute Gasteiger partial charge is 0.243 e. The van der Waals surface area contributed by atoms with Crippen LogP contribution in [0.4, 0.5) is 0 Å². The first-order valence-electron chi connectivity index (χ1n) is 8.84. The molecule has 0 spiro atoms. The lowest BCUT2D eigenvalue weighted by atomic mass is 9.53. The fraction of sp³-hybridized carbons (Fsp3) is 0.500. The number of hydrogen-bond acceptors (Lipinski definition) is 6. The van der Waals surface area contributed by atoms with E-state index in [1.54, 1.807) is 6.92 Å². The topological polar surface area (TPSA) is 114 Å². The van der Waals surface area contributed by atoms with Crippen LogP contribution in [0.25, 0.3) is 0 Å². The first-order valence-corrected chi connectivity index (χ1v) is 9.63. The summed E-state index contributed by atoms with van der Waals surface area (Å²) in [6.07, 6.45) is 1.18. The molecule has 2 bridgehead atoms. The number of ether oxygens (including phenoxy) is 2. The predicted octanol–water partition coefficient (Wildman–Crippen LogP) is 4.38. The molecule has 1 aromatic rings. The van der Waals surface area contributed by atoms with Crippen molar-refractivity contribution in [2.45, 2.75) is 45.0 Å². The summed E-state index contributed by atoms with van der Waals surface area (Å²) in [5, 5.41) is 38.6. The summed E-state index contributed by atoms with van der Waals surface area (Å²) < 4.78 is 13.1. The van der Waals surface area contributed by atoms with Crippen molar-refractivity contribution >= 4 is 21.8 Å². The third-order valence-corrected chi connectivity index (χ3v) is 6.38. The summed E-state index contributed by atoms with van der Waals surface area (Å²) >= 11 is 3.39. The summed E-state index contributed by atoms with van der Waals surface area (Å²) in [7, 11) is 0. The molecule has 2 saturated heterocycles. The molecule has 27 heavy (non-hydrogen) atoms. The Hall–Kier alpha value is -2.40. The second-order valence-electron chi connectivity index (χ2n) is 7.03. The van der Waals surface area contributed by atoms with Gasteiger partial charge in [-0.1, -0.05) is 54.8 Å². The quantitative estimate of drug-likeness (QED) is 0.766.